The lowest BCUT2D eigenvalue weighted by Crippen LogP contribution is -2.45. The van der Waals surface area contributed by atoms with Crippen molar-refractivity contribution in [2.24, 2.45) is 11.8 Å². The van der Waals surface area contributed by atoms with E-state index in [2.05, 4.69) is 15.2 Å². The number of thiazole rings is 1. The number of piperidine rings is 1. The number of halogens is 3. The van der Waals surface area contributed by atoms with E-state index < -0.39 is 5.60 Å². The number of amides is 2. The minimum absolute atomic E-state index is 0.136. The van der Waals surface area contributed by atoms with Crippen molar-refractivity contribution in [1.82, 2.24) is 14.9 Å². The highest BCUT2D eigenvalue weighted by atomic mass is 35.5. The first kappa shape index (κ1) is 27.5. The van der Waals surface area contributed by atoms with Gasteiger partial charge in [-0.05, 0) is 51.2 Å². The number of carbonyl (C=O) groups is 2. The lowest BCUT2D eigenvalue weighted by Gasteiger charge is -2.35. The average molecular weight is 615 g/mol. The van der Waals surface area contributed by atoms with Crippen LogP contribution >= 0.6 is 57.5 Å². The number of anilines is 2. The Bertz CT molecular complexity index is 1370. The molecule has 0 saturated carbocycles. The second-order valence-corrected chi connectivity index (χ2v) is 13.5. The molecule has 5 heterocycles. The van der Waals surface area contributed by atoms with Crippen molar-refractivity contribution in [1.29, 1.82) is 0 Å². The van der Waals surface area contributed by atoms with E-state index in [0.29, 0.717) is 35.1 Å². The van der Waals surface area contributed by atoms with Crippen molar-refractivity contribution >= 4 is 79.6 Å². The molecule has 0 aromatic carbocycles. The van der Waals surface area contributed by atoms with Crippen molar-refractivity contribution in [2.45, 2.75) is 32.8 Å². The van der Waals surface area contributed by atoms with Gasteiger partial charge >= 0.3 is 6.09 Å². The Morgan fingerprint density at radius 1 is 1.13 bits per heavy atom. The average Bonchev–Trinajstić information content (AvgIpc) is 3.56. The zero-order chi connectivity index (χ0) is 27.2. The number of rotatable bonds is 4. The van der Waals surface area contributed by atoms with Crippen molar-refractivity contribution in [3.63, 3.8) is 0 Å². The van der Waals surface area contributed by atoms with Gasteiger partial charge in [-0.25, -0.2) is 14.8 Å². The van der Waals surface area contributed by atoms with Gasteiger partial charge in [-0.15, -0.1) is 11.3 Å². The Morgan fingerprint density at radius 2 is 1.89 bits per heavy atom. The maximum atomic E-state index is 12.9. The van der Waals surface area contributed by atoms with Crippen LogP contribution < -0.4 is 10.2 Å². The van der Waals surface area contributed by atoms with E-state index in [1.165, 1.54) is 34.9 Å². The van der Waals surface area contributed by atoms with E-state index in [4.69, 9.17) is 44.5 Å². The van der Waals surface area contributed by atoms with Crippen LogP contribution in [0, 0.1) is 11.8 Å². The number of fused-ring (bicyclic) bond motifs is 1. The Labute approximate surface area is 243 Å². The largest absolute Gasteiger partial charge is 0.444 e. The summed E-state index contributed by atoms with van der Waals surface area (Å²) in [5.74, 6) is 0.393. The van der Waals surface area contributed by atoms with E-state index in [9.17, 15) is 9.59 Å². The number of pyridine rings is 1. The highest BCUT2D eigenvalue weighted by Gasteiger charge is 2.40. The molecule has 2 aliphatic rings. The molecule has 0 bridgehead atoms. The SMILES string of the molecule is CC(C)(C)OC(=O)N1CCC2CN(c3sc(NC(=O)c4cnc(Cl)c(Cl)c4)nc3-c3cc(Cl)cs3)CC2C1. The predicted molar refractivity (Wildman–Crippen MR) is 154 cm³/mol. The van der Waals surface area contributed by atoms with Gasteiger partial charge in [0, 0.05) is 37.8 Å². The number of hydrogen-bond acceptors (Lipinski definition) is 8. The van der Waals surface area contributed by atoms with Crippen molar-refractivity contribution in [2.75, 3.05) is 36.4 Å². The third kappa shape index (κ3) is 6.04. The van der Waals surface area contributed by atoms with Crippen LogP contribution in [-0.2, 0) is 4.74 Å². The number of nitrogens with one attached hydrogen (secondary N) is 1. The minimum atomic E-state index is -0.524. The monoisotopic (exact) mass is 613 g/mol. The summed E-state index contributed by atoms with van der Waals surface area (Å²) in [7, 11) is 0. The molecule has 0 spiro atoms. The zero-order valence-electron chi connectivity index (χ0n) is 21.0. The smallest absolute Gasteiger partial charge is 0.410 e. The minimum Gasteiger partial charge on any atom is -0.444 e. The van der Waals surface area contributed by atoms with Crippen LogP contribution in [0.3, 0.4) is 0 Å². The number of nitrogens with zero attached hydrogens (tertiary/aromatic N) is 4. The fourth-order valence-electron chi connectivity index (χ4n) is 4.72. The normalized spacial score (nSPS) is 19.4. The summed E-state index contributed by atoms with van der Waals surface area (Å²) in [5.41, 5.74) is 0.534. The number of hydrogen-bond donors (Lipinski definition) is 1. The standard InChI is InChI=1S/C25H26Cl3N5O3S2/c1-25(2,3)36-24(35)32-5-4-13-9-33(11-15(13)10-32)22-19(18-7-16(26)12-37-18)30-23(38-22)31-21(34)14-6-17(27)20(28)29-8-14/h6-8,12-13,15H,4-5,9-11H2,1-3H3,(H,30,31,34). The Morgan fingerprint density at radius 3 is 2.58 bits per heavy atom. The Hall–Kier alpha value is -2.11. The van der Waals surface area contributed by atoms with Gasteiger partial charge in [0.05, 0.1) is 20.5 Å². The van der Waals surface area contributed by atoms with E-state index >= 15 is 0 Å². The van der Waals surface area contributed by atoms with Gasteiger partial charge < -0.3 is 14.5 Å². The highest BCUT2D eigenvalue weighted by molar-refractivity contribution is 7.21. The van der Waals surface area contributed by atoms with Crippen LogP contribution in [0.5, 0.6) is 0 Å². The molecule has 13 heteroatoms. The van der Waals surface area contributed by atoms with Gasteiger partial charge in [0.2, 0.25) is 0 Å². The molecule has 5 rings (SSSR count). The van der Waals surface area contributed by atoms with E-state index in [1.807, 2.05) is 37.1 Å². The molecule has 3 aromatic rings. The predicted octanol–water partition coefficient (Wildman–Crippen LogP) is 7.17. The van der Waals surface area contributed by atoms with Crippen LogP contribution in [-0.4, -0.2) is 58.6 Å². The second-order valence-electron chi connectivity index (χ2n) is 10.4. The lowest BCUT2D eigenvalue weighted by molar-refractivity contribution is 0.0139. The molecule has 2 amide bonds. The summed E-state index contributed by atoms with van der Waals surface area (Å²) in [6.45, 7) is 8.61. The fourth-order valence-corrected chi connectivity index (χ4v) is 7.11. The van der Waals surface area contributed by atoms with Crippen molar-refractivity contribution < 1.29 is 14.3 Å². The molecule has 0 radical (unpaired) electrons. The maximum absolute atomic E-state index is 12.9. The van der Waals surface area contributed by atoms with Crippen molar-refractivity contribution in [3.8, 4) is 10.6 Å². The topological polar surface area (TPSA) is 87.7 Å². The van der Waals surface area contributed by atoms with Crippen LogP contribution in [0.2, 0.25) is 15.2 Å². The number of carbonyl (C=O) groups excluding carboxylic acids is 2. The fraction of sp³-hybridized carbons (Fsp3) is 0.440. The van der Waals surface area contributed by atoms with E-state index in [1.54, 1.807) is 0 Å². The third-order valence-corrected chi connectivity index (χ3v) is 9.43. The number of aromatic nitrogens is 2. The van der Waals surface area contributed by atoms with E-state index in [0.717, 1.165) is 35.1 Å². The zero-order valence-corrected chi connectivity index (χ0v) is 24.9. The van der Waals surface area contributed by atoms with Crippen LogP contribution in [0.25, 0.3) is 10.6 Å². The molecule has 2 aliphatic heterocycles. The van der Waals surface area contributed by atoms with Gasteiger partial charge in [0.1, 0.15) is 21.4 Å². The van der Waals surface area contributed by atoms with Gasteiger partial charge in [-0.3, -0.25) is 10.1 Å². The molecular formula is C25H26Cl3N5O3S2. The number of thiophene rings is 1. The highest BCUT2D eigenvalue weighted by Crippen LogP contribution is 2.45. The van der Waals surface area contributed by atoms with Gasteiger partial charge in [-0.1, -0.05) is 46.1 Å². The maximum Gasteiger partial charge on any atom is 0.410 e. The first-order valence-electron chi connectivity index (χ1n) is 12.1. The summed E-state index contributed by atoms with van der Waals surface area (Å²) in [6, 6.07) is 3.36. The third-order valence-electron chi connectivity index (χ3n) is 6.43. The molecule has 2 unspecified atom stereocenters. The summed E-state index contributed by atoms with van der Waals surface area (Å²) in [6.07, 6.45) is 2.02. The number of ether oxygens (including phenoxy) is 1. The molecule has 1 N–H and O–H groups in total. The van der Waals surface area contributed by atoms with Gasteiger partial charge in [0.25, 0.3) is 5.91 Å². The first-order valence-corrected chi connectivity index (χ1v) is 14.9. The molecule has 2 saturated heterocycles. The molecule has 38 heavy (non-hydrogen) atoms. The van der Waals surface area contributed by atoms with Gasteiger partial charge in [0.15, 0.2) is 5.13 Å². The molecular weight excluding hydrogens is 589 g/mol. The summed E-state index contributed by atoms with van der Waals surface area (Å²) >= 11 is 21.1. The van der Waals surface area contributed by atoms with Gasteiger partial charge in [-0.2, -0.15) is 0 Å². The summed E-state index contributed by atoms with van der Waals surface area (Å²) in [4.78, 5) is 39.3. The molecule has 202 valence electrons. The summed E-state index contributed by atoms with van der Waals surface area (Å²) < 4.78 is 5.60. The van der Waals surface area contributed by atoms with Crippen LogP contribution in [0.1, 0.15) is 37.6 Å². The van der Waals surface area contributed by atoms with Crippen LogP contribution in [0.15, 0.2) is 23.7 Å². The van der Waals surface area contributed by atoms with Crippen molar-refractivity contribution in [3.05, 3.63) is 44.5 Å². The van der Waals surface area contributed by atoms with Crippen LogP contribution in [0.4, 0.5) is 14.9 Å². The lowest BCUT2D eigenvalue weighted by atomic mass is 9.89. The quantitative estimate of drug-likeness (QED) is 0.314. The number of likely N-dealkylation sites (tertiary alicyclic amines) is 1. The molecule has 2 atom stereocenters. The summed E-state index contributed by atoms with van der Waals surface area (Å²) in [5, 5.41) is 7.14. The molecule has 3 aromatic heterocycles. The van der Waals surface area contributed by atoms with E-state index in [-0.39, 0.29) is 27.7 Å². The molecule has 2 fully saturated rings. The Balaban J connectivity index is 1.36. The molecule has 8 nitrogen and oxygen atoms in total. The molecule has 0 aliphatic carbocycles. The Kier molecular flexibility index (Phi) is 7.81. The first-order chi connectivity index (χ1) is 18.0. The second kappa shape index (κ2) is 10.8.